The van der Waals surface area contributed by atoms with Gasteiger partial charge in [-0.25, -0.2) is 0 Å². The van der Waals surface area contributed by atoms with Gasteiger partial charge in [0.05, 0.1) is 0 Å². The van der Waals surface area contributed by atoms with E-state index >= 15 is 0 Å². The van der Waals surface area contributed by atoms with Gasteiger partial charge in [0.2, 0.25) is 8.40 Å². The fourth-order valence-corrected chi connectivity index (χ4v) is 3.93. The molecule has 0 aromatic rings. The molecule has 0 rings (SSSR count). The number of nitrogens with zero attached hydrogens (tertiary/aromatic N) is 2. The summed E-state index contributed by atoms with van der Waals surface area (Å²) >= 11 is 0. The molecule has 0 bridgehead atoms. The van der Waals surface area contributed by atoms with E-state index in [1.165, 1.54) is 0 Å². The topological polar surface area (TPSA) is 6.48 Å². The molecule has 0 heterocycles. The molecule has 2 nitrogen and oxygen atoms in total. The summed E-state index contributed by atoms with van der Waals surface area (Å²) in [6.07, 6.45) is 0. The van der Waals surface area contributed by atoms with Gasteiger partial charge in [0.15, 0.2) is 0 Å². The van der Waals surface area contributed by atoms with Crippen LogP contribution in [0.2, 0.25) is 6.55 Å². The van der Waals surface area contributed by atoms with Crippen LogP contribution < -0.4 is 0 Å². The van der Waals surface area contributed by atoms with Gasteiger partial charge in [-0.2, -0.15) is 0 Å². The summed E-state index contributed by atoms with van der Waals surface area (Å²) in [5, 5.41) is 0. The Hall–Kier alpha value is -0.123. The molecule has 0 fully saturated rings. The average molecular weight is 186 g/mol. The van der Waals surface area contributed by atoms with Crippen molar-refractivity contribution in [3.63, 3.8) is 0 Å². The summed E-state index contributed by atoms with van der Waals surface area (Å²) in [7, 11) is 2.79. The summed E-state index contributed by atoms with van der Waals surface area (Å²) < 4.78 is 4.84. The highest BCUT2D eigenvalue weighted by Gasteiger charge is 2.32. The van der Waals surface area contributed by atoms with Crippen molar-refractivity contribution in [3.05, 3.63) is 12.3 Å². The smallest absolute Gasteiger partial charge is 0.228 e. The Morgan fingerprint density at radius 3 is 1.75 bits per heavy atom. The van der Waals surface area contributed by atoms with Gasteiger partial charge in [-0.3, -0.25) is 0 Å². The number of hydrogen-bond acceptors (Lipinski definition) is 2. The second-order valence-corrected chi connectivity index (χ2v) is 7.49. The van der Waals surface area contributed by atoms with Crippen LogP contribution in [0.4, 0.5) is 0 Å². The van der Waals surface area contributed by atoms with Gasteiger partial charge < -0.3 is 9.13 Å². The van der Waals surface area contributed by atoms with Crippen molar-refractivity contribution in [3.8, 4) is 0 Å². The minimum atomic E-state index is -1.50. The molecule has 1 atom stereocenters. The Balaban J connectivity index is 4.58. The lowest BCUT2D eigenvalue weighted by Crippen LogP contribution is -2.59. The van der Waals surface area contributed by atoms with Crippen LogP contribution in [0.15, 0.2) is 12.3 Å². The summed E-state index contributed by atoms with van der Waals surface area (Å²) in [6.45, 7) is 12.9. The van der Waals surface area contributed by atoms with Crippen LogP contribution in [0.3, 0.4) is 0 Å². The maximum Gasteiger partial charge on any atom is 0.228 e. The van der Waals surface area contributed by atoms with Gasteiger partial charge in [0.1, 0.15) is 0 Å². The molecule has 0 spiro atoms. The third-order valence-electron chi connectivity index (χ3n) is 2.70. The summed E-state index contributed by atoms with van der Waals surface area (Å²) in [6, 6.07) is 0. The van der Waals surface area contributed by atoms with Gasteiger partial charge in [0, 0.05) is 0 Å². The Labute approximate surface area is 78.0 Å². The minimum Gasteiger partial charge on any atom is -0.314 e. The van der Waals surface area contributed by atoms with Crippen LogP contribution in [0.25, 0.3) is 0 Å². The van der Waals surface area contributed by atoms with E-state index in [0.29, 0.717) is 0 Å². The number of rotatable bonds is 5. The zero-order valence-electron chi connectivity index (χ0n) is 9.09. The summed E-state index contributed by atoms with van der Waals surface area (Å²) in [4.78, 5) is 0. The van der Waals surface area contributed by atoms with Crippen LogP contribution in [0, 0.1) is 0 Å². The lowest BCUT2D eigenvalue weighted by atomic mass is 10.7. The highest BCUT2D eigenvalue weighted by atomic mass is 28.3. The van der Waals surface area contributed by atoms with E-state index in [-0.39, 0.29) is 0 Å². The van der Waals surface area contributed by atoms with Gasteiger partial charge in [-0.05, 0) is 33.7 Å². The van der Waals surface area contributed by atoms with Crippen molar-refractivity contribution in [1.29, 1.82) is 0 Å². The standard InChI is InChI=1S/C9H22N2Si/c1-7-11(8-2)12(6,9-3)10(4)5/h9H,3,7-8H2,1-2,4-6H3. The highest BCUT2D eigenvalue weighted by Crippen LogP contribution is 2.12. The van der Waals surface area contributed by atoms with Crippen molar-refractivity contribution in [2.75, 3.05) is 27.2 Å². The van der Waals surface area contributed by atoms with E-state index in [4.69, 9.17) is 0 Å². The monoisotopic (exact) mass is 186 g/mol. The summed E-state index contributed by atoms with van der Waals surface area (Å²) in [5.41, 5.74) is 2.14. The van der Waals surface area contributed by atoms with Gasteiger partial charge >= 0.3 is 0 Å². The molecule has 72 valence electrons. The maximum atomic E-state index is 3.95. The Kier molecular flexibility index (Phi) is 4.75. The molecular weight excluding hydrogens is 164 g/mol. The summed E-state index contributed by atoms with van der Waals surface area (Å²) in [5.74, 6) is 0. The molecule has 0 amide bonds. The molecule has 0 aromatic heterocycles. The molecule has 0 saturated carbocycles. The molecule has 0 aliphatic heterocycles. The van der Waals surface area contributed by atoms with E-state index in [0.717, 1.165) is 13.1 Å². The van der Waals surface area contributed by atoms with E-state index in [1.807, 2.05) is 0 Å². The van der Waals surface area contributed by atoms with Gasteiger partial charge in [0.25, 0.3) is 0 Å². The minimum absolute atomic E-state index is 1.11. The third kappa shape index (κ3) is 2.18. The lowest BCUT2D eigenvalue weighted by Gasteiger charge is -2.40. The van der Waals surface area contributed by atoms with Crippen LogP contribution in [0.5, 0.6) is 0 Å². The largest absolute Gasteiger partial charge is 0.314 e. The Bertz CT molecular complexity index is 143. The molecule has 0 N–H and O–H groups in total. The van der Waals surface area contributed by atoms with Crippen molar-refractivity contribution in [1.82, 2.24) is 9.13 Å². The highest BCUT2D eigenvalue weighted by molar-refractivity contribution is 6.77. The SMILES string of the molecule is C=C[Si](C)(N(C)C)N(CC)CC. The number of hydrogen-bond donors (Lipinski definition) is 0. The predicted octanol–water partition coefficient (Wildman–Crippen LogP) is 1.69. The first kappa shape index (κ1) is 11.9. The van der Waals surface area contributed by atoms with Crippen LogP contribution >= 0.6 is 0 Å². The van der Waals surface area contributed by atoms with Crippen molar-refractivity contribution in [2.24, 2.45) is 0 Å². The van der Waals surface area contributed by atoms with E-state index in [9.17, 15) is 0 Å². The fraction of sp³-hybridized carbons (Fsp3) is 0.778. The van der Waals surface area contributed by atoms with Crippen LogP contribution in [-0.4, -0.2) is 44.7 Å². The van der Waals surface area contributed by atoms with Crippen LogP contribution in [-0.2, 0) is 0 Å². The third-order valence-corrected chi connectivity index (χ3v) is 7.19. The zero-order chi connectivity index (χ0) is 9.78. The normalized spacial score (nSPS) is 16.6. The maximum absolute atomic E-state index is 3.95. The molecule has 0 aliphatic carbocycles. The predicted molar refractivity (Wildman–Crippen MR) is 58.4 cm³/mol. The van der Waals surface area contributed by atoms with Crippen molar-refractivity contribution >= 4 is 8.40 Å². The van der Waals surface area contributed by atoms with Gasteiger partial charge in [-0.15, -0.1) is 6.58 Å². The quantitative estimate of drug-likeness (QED) is 0.603. The molecule has 12 heavy (non-hydrogen) atoms. The Morgan fingerprint density at radius 2 is 1.67 bits per heavy atom. The lowest BCUT2D eigenvalue weighted by molar-refractivity contribution is 0.412. The fourth-order valence-electron chi connectivity index (χ4n) is 1.46. The van der Waals surface area contributed by atoms with E-state index in [2.05, 4.69) is 55.9 Å². The first-order chi connectivity index (χ1) is 5.52. The van der Waals surface area contributed by atoms with E-state index < -0.39 is 8.40 Å². The van der Waals surface area contributed by atoms with Crippen molar-refractivity contribution in [2.45, 2.75) is 20.4 Å². The van der Waals surface area contributed by atoms with Crippen LogP contribution in [0.1, 0.15) is 13.8 Å². The van der Waals surface area contributed by atoms with Gasteiger partial charge in [-0.1, -0.05) is 19.5 Å². The molecule has 0 aromatic carbocycles. The second kappa shape index (κ2) is 4.79. The average Bonchev–Trinajstić information content (AvgIpc) is 2.05. The first-order valence-corrected chi connectivity index (χ1v) is 7.06. The first-order valence-electron chi connectivity index (χ1n) is 4.59. The second-order valence-electron chi connectivity index (χ2n) is 3.36. The zero-order valence-corrected chi connectivity index (χ0v) is 10.1. The molecule has 0 saturated heterocycles. The molecular formula is C9H22N2Si. The molecule has 0 radical (unpaired) electrons. The van der Waals surface area contributed by atoms with E-state index in [1.54, 1.807) is 0 Å². The molecule has 0 aliphatic rings. The van der Waals surface area contributed by atoms with Crippen molar-refractivity contribution < 1.29 is 0 Å². The Morgan fingerprint density at radius 1 is 1.25 bits per heavy atom. The molecule has 3 heteroatoms. The molecule has 1 unspecified atom stereocenters.